The van der Waals surface area contributed by atoms with Crippen molar-refractivity contribution in [3.8, 4) is 0 Å². The highest BCUT2D eigenvalue weighted by Crippen LogP contribution is 2.06. The van der Waals surface area contributed by atoms with Gasteiger partial charge < -0.3 is 0 Å². The smallest absolute Gasteiger partial charge is 0.153 e. The first kappa shape index (κ1) is 7.92. The second kappa shape index (κ2) is 3.86. The molecule has 1 aliphatic rings. The van der Waals surface area contributed by atoms with Crippen LogP contribution in [0.2, 0.25) is 0 Å². The minimum Gasteiger partial charge on any atom is -0.270 e. The molecule has 0 saturated carbocycles. The molecule has 11 heavy (non-hydrogen) atoms. The van der Waals surface area contributed by atoms with Crippen LogP contribution in [0.1, 0.15) is 13.3 Å². The van der Waals surface area contributed by atoms with Crippen molar-refractivity contribution < 1.29 is 0 Å². The summed E-state index contributed by atoms with van der Waals surface area (Å²) in [5.74, 6) is 0.828. The molecule has 0 aromatic rings. The van der Waals surface area contributed by atoms with Crippen LogP contribution < -0.4 is 0 Å². The maximum atomic E-state index is 4.12. The van der Waals surface area contributed by atoms with Crippen molar-refractivity contribution in [2.75, 3.05) is 7.05 Å². The van der Waals surface area contributed by atoms with Crippen LogP contribution in [0.25, 0.3) is 0 Å². The van der Waals surface area contributed by atoms with Gasteiger partial charge in [0.1, 0.15) is 0 Å². The van der Waals surface area contributed by atoms with Gasteiger partial charge in [-0.1, -0.05) is 19.1 Å². The lowest BCUT2D eigenvalue weighted by Gasteiger charge is -2.03. The Labute approximate surface area is 67.1 Å². The van der Waals surface area contributed by atoms with Crippen LogP contribution in [0.4, 0.5) is 0 Å². The van der Waals surface area contributed by atoms with Gasteiger partial charge in [-0.25, -0.2) is 4.99 Å². The van der Waals surface area contributed by atoms with E-state index >= 15 is 0 Å². The lowest BCUT2D eigenvalue weighted by molar-refractivity contribution is 1.21. The second-order valence-corrected chi connectivity index (χ2v) is 2.25. The Morgan fingerprint density at radius 2 is 2.45 bits per heavy atom. The zero-order valence-electron chi connectivity index (χ0n) is 6.91. The third-order valence-corrected chi connectivity index (χ3v) is 1.45. The fourth-order valence-electron chi connectivity index (χ4n) is 0.975. The monoisotopic (exact) mass is 148 g/mol. The van der Waals surface area contributed by atoms with E-state index in [0.29, 0.717) is 0 Å². The average molecular weight is 148 g/mol. The van der Waals surface area contributed by atoms with Crippen molar-refractivity contribution in [1.82, 2.24) is 0 Å². The van der Waals surface area contributed by atoms with Gasteiger partial charge in [0, 0.05) is 18.8 Å². The highest BCUT2D eigenvalue weighted by atomic mass is 14.9. The Balaban J connectivity index is 2.88. The quantitative estimate of drug-likeness (QED) is 0.543. The molecule has 0 amide bonds. The molecule has 0 bridgehead atoms. The van der Waals surface area contributed by atoms with Crippen molar-refractivity contribution >= 4 is 12.1 Å². The third kappa shape index (κ3) is 1.87. The summed E-state index contributed by atoms with van der Waals surface area (Å²) >= 11 is 0. The molecule has 2 heteroatoms. The van der Waals surface area contributed by atoms with E-state index in [1.807, 2.05) is 12.2 Å². The van der Waals surface area contributed by atoms with Crippen LogP contribution in [0.5, 0.6) is 0 Å². The first-order valence-corrected chi connectivity index (χ1v) is 3.76. The van der Waals surface area contributed by atoms with Crippen LogP contribution in [0.15, 0.2) is 33.8 Å². The second-order valence-electron chi connectivity index (χ2n) is 2.25. The van der Waals surface area contributed by atoms with E-state index < -0.39 is 0 Å². The topological polar surface area (TPSA) is 24.7 Å². The molecule has 0 radical (unpaired) electrons. The highest BCUT2D eigenvalue weighted by molar-refractivity contribution is 6.08. The summed E-state index contributed by atoms with van der Waals surface area (Å²) < 4.78 is 0. The number of amidine groups is 1. The van der Waals surface area contributed by atoms with E-state index in [4.69, 9.17) is 0 Å². The molecular formula is C9H12N2. The Morgan fingerprint density at radius 1 is 1.64 bits per heavy atom. The number of allylic oxidation sites excluding steroid dienone is 2. The summed E-state index contributed by atoms with van der Waals surface area (Å²) in [6.45, 7) is 2.10. The van der Waals surface area contributed by atoms with Gasteiger partial charge in [0.05, 0.1) is 0 Å². The van der Waals surface area contributed by atoms with Crippen LogP contribution in [-0.2, 0) is 0 Å². The number of nitrogens with zero attached hydrogens (tertiary/aromatic N) is 2. The van der Waals surface area contributed by atoms with E-state index in [0.717, 1.165) is 17.8 Å². The van der Waals surface area contributed by atoms with E-state index in [1.165, 1.54) is 0 Å². The van der Waals surface area contributed by atoms with Crippen molar-refractivity contribution in [2.45, 2.75) is 13.3 Å². The van der Waals surface area contributed by atoms with Gasteiger partial charge in [0.15, 0.2) is 5.84 Å². The van der Waals surface area contributed by atoms with Crippen molar-refractivity contribution in [3.05, 3.63) is 23.8 Å². The number of rotatable bonds is 1. The molecule has 1 heterocycles. The van der Waals surface area contributed by atoms with Crippen LogP contribution in [0, 0.1) is 0 Å². The summed E-state index contributed by atoms with van der Waals surface area (Å²) in [7, 11) is 1.76. The van der Waals surface area contributed by atoms with Crippen molar-refractivity contribution in [2.24, 2.45) is 9.98 Å². The molecule has 1 rings (SSSR count). The fourth-order valence-corrected chi connectivity index (χ4v) is 0.975. The van der Waals surface area contributed by atoms with Crippen molar-refractivity contribution in [1.29, 1.82) is 0 Å². The standard InChI is InChI=1S/C9H12N2/c1-3-5-8-6-4-7-11-9(8)10-2/h4-7H,3H2,1-2H3/b8-5-,10-9?. The molecule has 58 valence electrons. The largest absolute Gasteiger partial charge is 0.270 e. The first-order valence-electron chi connectivity index (χ1n) is 3.76. The predicted octanol–water partition coefficient (Wildman–Crippen LogP) is 1.99. The van der Waals surface area contributed by atoms with Gasteiger partial charge in [-0.05, 0) is 12.5 Å². The molecule has 0 atom stereocenters. The first-order chi connectivity index (χ1) is 5.38. The molecule has 0 N–H and O–H groups in total. The summed E-state index contributed by atoms with van der Waals surface area (Å²) in [4.78, 5) is 8.16. The third-order valence-electron chi connectivity index (χ3n) is 1.45. The predicted molar refractivity (Wildman–Crippen MR) is 49.4 cm³/mol. The van der Waals surface area contributed by atoms with E-state index in [1.54, 1.807) is 13.3 Å². The summed E-state index contributed by atoms with van der Waals surface area (Å²) in [6.07, 6.45) is 8.86. The molecule has 0 fully saturated rings. The zero-order chi connectivity index (χ0) is 8.10. The summed E-state index contributed by atoms with van der Waals surface area (Å²) in [5, 5.41) is 0. The number of dihydropyridines is 1. The zero-order valence-corrected chi connectivity index (χ0v) is 6.91. The molecule has 0 aromatic heterocycles. The molecule has 0 saturated heterocycles. The van der Waals surface area contributed by atoms with Gasteiger partial charge in [0.25, 0.3) is 0 Å². The summed E-state index contributed by atoms with van der Waals surface area (Å²) in [5.41, 5.74) is 1.12. The van der Waals surface area contributed by atoms with E-state index in [2.05, 4.69) is 23.0 Å². The highest BCUT2D eigenvalue weighted by Gasteiger charge is 2.01. The Bertz CT molecular complexity index is 244. The van der Waals surface area contributed by atoms with Gasteiger partial charge in [-0.15, -0.1) is 0 Å². The number of hydrogen-bond acceptors (Lipinski definition) is 1. The Kier molecular flexibility index (Phi) is 2.78. The molecule has 0 unspecified atom stereocenters. The number of hydrogen-bond donors (Lipinski definition) is 0. The molecule has 0 spiro atoms. The van der Waals surface area contributed by atoms with Gasteiger partial charge in [-0.3, -0.25) is 4.99 Å². The van der Waals surface area contributed by atoms with Gasteiger partial charge >= 0.3 is 0 Å². The maximum Gasteiger partial charge on any atom is 0.153 e. The Morgan fingerprint density at radius 3 is 3.09 bits per heavy atom. The normalized spacial score (nSPS) is 23.5. The van der Waals surface area contributed by atoms with Gasteiger partial charge in [0.2, 0.25) is 0 Å². The molecule has 0 aliphatic carbocycles. The SMILES string of the molecule is CC/C=C1/C=CC=NC1=NC. The molecule has 0 aromatic carbocycles. The lowest BCUT2D eigenvalue weighted by atomic mass is 10.1. The summed E-state index contributed by atoms with van der Waals surface area (Å²) in [6, 6.07) is 0. The van der Waals surface area contributed by atoms with E-state index in [9.17, 15) is 0 Å². The Hall–Kier alpha value is -1.18. The maximum absolute atomic E-state index is 4.12. The van der Waals surface area contributed by atoms with Crippen LogP contribution in [-0.4, -0.2) is 19.1 Å². The van der Waals surface area contributed by atoms with Crippen molar-refractivity contribution in [3.63, 3.8) is 0 Å². The van der Waals surface area contributed by atoms with Gasteiger partial charge in [-0.2, -0.15) is 0 Å². The molecular weight excluding hydrogens is 136 g/mol. The molecule has 1 aliphatic heterocycles. The lowest BCUT2D eigenvalue weighted by Crippen LogP contribution is -2.01. The fraction of sp³-hybridized carbons (Fsp3) is 0.333. The van der Waals surface area contributed by atoms with Crippen LogP contribution >= 0.6 is 0 Å². The average Bonchev–Trinajstić information content (AvgIpc) is 2.06. The molecule has 2 nitrogen and oxygen atoms in total. The number of aliphatic imine (C=N–C) groups is 2. The minimum atomic E-state index is 0.828. The van der Waals surface area contributed by atoms with Crippen LogP contribution in [0.3, 0.4) is 0 Å². The minimum absolute atomic E-state index is 0.828. The van der Waals surface area contributed by atoms with E-state index in [-0.39, 0.29) is 0 Å².